The monoisotopic (exact) mass is 356 g/mol. The molecule has 24 heavy (non-hydrogen) atoms. The summed E-state index contributed by atoms with van der Waals surface area (Å²) in [6, 6.07) is -1.96. The standard InChI is InChI=1S/C14H23F3N2O5/c1-8(2)10-12(24-13(21)14(15,16)17)23-6-4-3-5-22-7-9(18)11(20)19-10/h8-10,12H,3-7,18H2,1-2H3,(H,19,20)/t9-,10-,12?/m1/s1. The quantitative estimate of drug-likeness (QED) is 0.707. The van der Waals surface area contributed by atoms with Crippen molar-refractivity contribution in [1.29, 1.82) is 0 Å². The van der Waals surface area contributed by atoms with E-state index in [1.165, 1.54) is 0 Å². The average molecular weight is 356 g/mol. The molecule has 1 rings (SSSR count). The number of carbonyl (C=O) groups excluding carboxylic acids is 2. The zero-order valence-electron chi connectivity index (χ0n) is 13.6. The molecular formula is C14H23F3N2O5. The number of carbonyl (C=O) groups is 2. The van der Waals surface area contributed by atoms with E-state index in [0.717, 1.165) is 0 Å². The van der Waals surface area contributed by atoms with Crippen LogP contribution in [0.3, 0.4) is 0 Å². The van der Waals surface area contributed by atoms with E-state index in [4.69, 9.17) is 15.2 Å². The summed E-state index contributed by atoms with van der Waals surface area (Å²) in [5, 5.41) is 2.48. The molecule has 0 aliphatic carbocycles. The van der Waals surface area contributed by atoms with E-state index in [0.29, 0.717) is 19.4 Å². The molecule has 0 bridgehead atoms. The molecule has 1 aliphatic rings. The number of hydrogen-bond donors (Lipinski definition) is 2. The van der Waals surface area contributed by atoms with E-state index in [-0.39, 0.29) is 19.1 Å². The van der Waals surface area contributed by atoms with Crippen LogP contribution in [0.15, 0.2) is 0 Å². The van der Waals surface area contributed by atoms with E-state index < -0.39 is 36.4 Å². The van der Waals surface area contributed by atoms with Gasteiger partial charge in [0.25, 0.3) is 0 Å². The molecule has 1 aliphatic heterocycles. The molecule has 140 valence electrons. The van der Waals surface area contributed by atoms with Crippen molar-refractivity contribution in [2.45, 2.75) is 51.2 Å². The Morgan fingerprint density at radius 1 is 1.33 bits per heavy atom. The van der Waals surface area contributed by atoms with E-state index in [2.05, 4.69) is 10.1 Å². The molecule has 1 amide bonds. The van der Waals surface area contributed by atoms with Gasteiger partial charge in [-0.25, -0.2) is 4.79 Å². The number of ether oxygens (including phenoxy) is 3. The molecule has 1 heterocycles. The number of alkyl halides is 3. The number of esters is 1. The van der Waals surface area contributed by atoms with Crippen LogP contribution in [0.4, 0.5) is 13.2 Å². The summed E-state index contributed by atoms with van der Waals surface area (Å²) in [5.41, 5.74) is 5.67. The lowest BCUT2D eigenvalue weighted by molar-refractivity contribution is -0.232. The second-order valence-electron chi connectivity index (χ2n) is 5.81. The molecule has 0 radical (unpaired) electrons. The predicted molar refractivity (Wildman–Crippen MR) is 76.7 cm³/mol. The van der Waals surface area contributed by atoms with Gasteiger partial charge in [0.1, 0.15) is 6.04 Å². The summed E-state index contributed by atoms with van der Waals surface area (Å²) in [5.74, 6) is -3.35. The minimum absolute atomic E-state index is 0.00941. The van der Waals surface area contributed by atoms with E-state index in [1.807, 2.05) is 0 Å². The Morgan fingerprint density at radius 2 is 1.96 bits per heavy atom. The highest BCUT2D eigenvalue weighted by molar-refractivity contribution is 5.82. The van der Waals surface area contributed by atoms with Crippen LogP contribution in [0.25, 0.3) is 0 Å². The van der Waals surface area contributed by atoms with Gasteiger partial charge in [-0.2, -0.15) is 13.2 Å². The fourth-order valence-electron chi connectivity index (χ4n) is 2.00. The van der Waals surface area contributed by atoms with Crippen LogP contribution >= 0.6 is 0 Å². The first-order valence-electron chi connectivity index (χ1n) is 7.66. The highest BCUT2D eigenvalue weighted by atomic mass is 19.4. The van der Waals surface area contributed by atoms with Crippen LogP contribution in [0.2, 0.25) is 0 Å². The van der Waals surface area contributed by atoms with Crippen molar-refractivity contribution in [1.82, 2.24) is 5.32 Å². The highest BCUT2D eigenvalue weighted by Gasteiger charge is 2.44. The summed E-state index contributed by atoms with van der Waals surface area (Å²) in [4.78, 5) is 23.2. The first-order chi connectivity index (χ1) is 11.1. The van der Waals surface area contributed by atoms with E-state index >= 15 is 0 Å². The third-order valence-electron chi connectivity index (χ3n) is 3.37. The third-order valence-corrected chi connectivity index (χ3v) is 3.37. The molecule has 3 atom stereocenters. The average Bonchev–Trinajstić information content (AvgIpc) is 2.47. The number of nitrogens with one attached hydrogen (secondary N) is 1. The minimum Gasteiger partial charge on any atom is -0.427 e. The summed E-state index contributed by atoms with van der Waals surface area (Å²) < 4.78 is 52.4. The lowest BCUT2D eigenvalue weighted by Crippen LogP contribution is -2.55. The number of amides is 1. The molecule has 0 aromatic carbocycles. The smallest absolute Gasteiger partial charge is 0.427 e. The fraction of sp³-hybridized carbons (Fsp3) is 0.857. The molecule has 0 aromatic rings. The van der Waals surface area contributed by atoms with Crippen LogP contribution in [0.5, 0.6) is 0 Å². The van der Waals surface area contributed by atoms with Gasteiger partial charge in [-0.15, -0.1) is 0 Å². The second kappa shape index (κ2) is 9.19. The third kappa shape index (κ3) is 6.62. The highest BCUT2D eigenvalue weighted by Crippen LogP contribution is 2.21. The summed E-state index contributed by atoms with van der Waals surface area (Å²) in [7, 11) is 0. The van der Waals surface area contributed by atoms with Gasteiger partial charge in [-0.1, -0.05) is 13.8 Å². The molecule has 3 N–H and O–H groups in total. The maximum absolute atomic E-state index is 12.5. The Bertz CT molecular complexity index is 431. The Morgan fingerprint density at radius 3 is 2.54 bits per heavy atom. The normalized spacial score (nSPS) is 27.8. The van der Waals surface area contributed by atoms with Crippen LogP contribution in [-0.2, 0) is 23.8 Å². The van der Waals surface area contributed by atoms with Crippen LogP contribution < -0.4 is 11.1 Å². The second-order valence-corrected chi connectivity index (χ2v) is 5.81. The largest absolute Gasteiger partial charge is 0.491 e. The van der Waals surface area contributed by atoms with Crippen molar-refractivity contribution < 1.29 is 37.0 Å². The number of rotatable bonds is 2. The van der Waals surface area contributed by atoms with E-state index in [1.54, 1.807) is 13.8 Å². The topological polar surface area (TPSA) is 99.9 Å². The summed E-state index contributed by atoms with van der Waals surface area (Å²) in [6.45, 7) is 3.69. The van der Waals surface area contributed by atoms with E-state index in [9.17, 15) is 22.8 Å². The lowest BCUT2D eigenvalue weighted by Gasteiger charge is -2.31. The van der Waals surface area contributed by atoms with Gasteiger partial charge in [0, 0.05) is 6.61 Å². The van der Waals surface area contributed by atoms with Crippen molar-refractivity contribution in [2.24, 2.45) is 11.7 Å². The summed E-state index contributed by atoms with van der Waals surface area (Å²) in [6.07, 6.45) is -5.65. The van der Waals surface area contributed by atoms with Crippen LogP contribution in [0, 0.1) is 5.92 Å². The van der Waals surface area contributed by atoms with Crippen molar-refractivity contribution in [3.05, 3.63) is 0 Å². The minimum atomic E-state index is -5.15. The Kier molecular flexibility index (Phi) is 7.91. The van der Waals surface area contributed by atoms with Gasteiger partial charge < -0.3 is 25.3 Å². The van der Waals surface area contributed by atoms with Gasteiger partial charge in [0.15, 0.2) is 0 Å². The molecule has 10 heteroatoms. The van der Waals surface area contributed by atoms with Crippen molar-refractivity contribution in [3.63, 3.8) is 0 Å². The number of nitrogens with two attached hydrogens (primary N) is 1. The molecule has 1 fully saturated rings. The maximum atomic E-state index is 12.5. The van der Waals surface area contributed by atoms with Crippen molar-refractivity contribution in [3.8, 4) is 0 Å². The first kappa shape index (κ1) is 20.7. The summed E-state index contributed by atoms with van der Waals surface area (Å²) >= 11 is 0. The van der Waals surface area contributed by atoms with Gasteiger partial charge in [0.2, 0.25) is 12.2 Å². The molecule has 7 nitrogen and oxygen atoms in total. The Balaban J connectivity index is 2.93. The maximum Gasteiger partial charge on any atom is 0.491 e. The zero-order valence-corrected chi connectivity index (χ0v) is 13.6. The Labute approximate surface area is 138 Å². The molecule has 1 unspecified atom stereocenters. The number of hydrogen-bond acceptors (Lipinski definition) is 6. The van der Waals surface area contributed by atoms with Gasteiger partial charge >= 0.3 is 12.1 Å². The predicted octanol–water partition coefficient (Wildman–Crippen LogP) is 0.713. The Hall–Kier alpha value is -1.39. The molecular weight excluding hydrogens is 333 g/mol. The molecule has 0 aromatic heterocycles. The van der Waals surface area contributed by atoms with Crippen LogP contribution in [-0.4, -0.2) is 56.2 Å². The van der Waals surface area contributed by atoms with Gasteiger partial charge in [-0.05, 0) is 18.8 Å². The van der Waals surface area contributed by atoms with Crippen molar-refractivity contribution in [2.75, 3.05) is 19.8 Å². The number of halogens is 3. The molecule has 0 saturated carbocycles. The molecule has 0 spiro atoms. The zero-order chi connectivity index (χ0) is 18.3. The lowest BCUT2D eigenvalue weighted by atomic mass is 10.0. The van der Waals surface area contributed by atoms with Gasteiger partial charge in [-0.3, -0.25) is 4.79 Å². The van der Waals surface area contributed by atoms with Crippen LogP contribution in [0.1, 0.15) is 26.7 Å². The SMILES string of the molecule is CC(C)[C@H]1NC(=O)[C@H](N)COCCCCOC1OC(=O)C(F)(F)F. The molecule has 1 saturated heterocycles. The fourth-order valence-corrected chi connectivity index (χ4v) is 2.00. The van der Waals surface area contributed by atoms with Gasteiger partial charge in [0.05, 0.1) is 19.3 Å². The van der Waals surface area contributed by atoms with Crippen molar-refractivity contribution >= 4 is 11.9 Å². The first-order valence-corrected chi connectivity index (χ1v) is 7.66.